The van der Waals surface area contributed by atoms with E-state index in [0.29, 0.717) is 18.0 Å². The van der Waals surface area contributed by atoms with Crippen LogP contribution in [0.3, 0.4) is 0 Å². The number of nitrogens with one attached hydrogen (secondary N) is 2. The van der Waals surface area contributed by atoms with Crippen LogP contribution in [0.4, 0.5) is 0 Å². The predicted molar refractivity (Wildman–Crippen MR) is 99.2 cm³/mol. The Balaban J connectivity index is 1.62. The predicted octanol–water partition coefficient (Wildman–Crippen LogP) is 3.69. The maximum Gasteiger partial charge on any atom is 0.289 e. The molecule has 0 spiro atoms. The molecule has 6 nitrogen and oxygen atoms in total. The average molecular weight is 354 g/mol. The topological polar surface area (TPSA) is 79.4 Å². The summed E-state index contributed by atoms with van der Waals surface area (Å²) >= 11 is 1.55. The number of rotatable bonds is 7. The highest BCUT2D eigenvalue weighted by atomic mass is 32.1. The second kappa shape index (κ2) is 8.25. The zero-order valence-corrected chi connectivity index (χ0v) is 14.5. The minimum absolute atomic E-state index is 0.338. The number of carbonyl (C=O) groups excluding carboxylic acids is 1. The van der Waals surface area contributed by atoms with Crippen LogP contribution in [0.15, 0.2) is 52.9 Å². The maximum atomic E-state index is 12.1. The fourth-order valence-electron chi connectivity index (χ4n) is 2.11. The second-order valence-electron chi connectivity index (χ2n) is 5.25. The van der Waals surface area contributed by atoms with E-state index < -0.39 is 0 Å². The van der Waals surface area contributed by atoms with Crippen LogP contribution in [-0.2, 0) is 0 Å². The molecule has 3 rings (SSSR count). The molecule has 0 unspecified atom stereocenters. The van der Waals surface area contributed by atoms with Crippen LogP contribution in [0.2, 0.25) is 0 Å². The molecule has 1 aromatic carbocycles. The third kappa shape index (κ3) is 4.54. The first-order valence-corrected chi connectivity index (χ1v) is 8.80. The highest BCUT2D eigenvalue weighted by molar-refractivity contribution is 7.11. The molecular formula is C18H18N4O2S. The van der Waals surface area contributed by atoms with Crippen LogP contribution in [0.25, 0.3) is 11.3 Å². The van der Waals surface area contributed by atoms with E-state index in [4.69, 9.17) is 4.74 Å². The van der Waals surface area contributed by atoms with Crippen LogP contribution < -0.4 is 10.2 Å². The Kier molecular flexibility index (Phi) is 5.58. The molecule has 1 amide bonds. The molecule has 2 heterocycles. The highest BCUT2D eigenvalue weighted by Crippen LogP contribution is 2.21. The molecule has 0 saturated carbocycles. The number of ether oxygens (including phenoxy) is 1. The van der Waals surface area contributed by atoms with Gasteiger partial charge in [0.1, 0.15) is 11.4 Å². The van der Waals surface area contributed by atoms with Crippen molar-refractivity contribution in [2.45, 2.75) is 13.3 Å². The summed E-state index contributed by atoms with van der Waals surface area (Å²) < 4.78 is 5.56. The van der Waals surface area contributed by atoms with Gasteiger partial charge in [-0.1, -0.05) is 13.0 Å². The van der Waals surface area contributed by atoms with Crippen molar-refractivity contribution in [1.82, 2.24) is 15.6 Å². The third-order valence-electron chi connectivity index (χ3n) is 3.35. The summed E-state index contributed by atoms with van der Waals surface area (Å²) in [6.45, 7) is 2.76. The first kappa shape index (κ1) is 16.9. The number of hydrogen-bond donors (Lipinski definition) is 2. The number of thiophene rings is 1. The lowest BCUT2D eigenvalue weighted by Crippen LogP contribution is -2.17. The monoisotopic (exact) mass is 354 g/mol. The number of hydrogen-bond acceptors (Lipinski definition) is 5. The van der Waals surface area contributed by atoms with E-state index in [9.17, 15) is 4.79 Å². The zero-order valence-electron chi connectivity index (χ0n) is 13.7. The van der Waals surface area contributed by atoms with Gasteiger partial charge in [0, 0.05) is 10.4 Å². The number of aromatic amines is 1. The lowest BCUT2D eigenvalue weighted by atomic mass is 10.1. The maximum absolute atomic E-state index is 12.1. The second-order valence-corrected chi connectivity index (χ2v) is 6.23. The molecule has 0 aliphatic rings. The number of amides is 1. The SMILES string of the molecule is CCCOc1ccc(-c2cc(C(=O)N/N=C/c3cccs3)[nH]n2)cc1. The van der Waals surface area contributed by atoms with E-state index in [1.165, 1.54) is 0 Å². The molecule has 2 N–H and O–H groups in total. The zero-order chi connectivity index (χ0) is 17.5. The molecule has 0 saturated heterocycles. The van der Waals surface area contributed by atoms with Crippen molar-refractivity contribution in [2.75, 3.05) is 6.61 Å². The van der Waals surface area contributed by atoms with E-state index in [1.54, 1.807) is 23.6 Å². The number of H-pyrrole nitrogens is 1. The largest absolute Gasteiger partial charge is 0.494 e. The molecular weight excluding hydrogens is 336 g/mol. The average Bonchev–Trinajstić information content (AvgIpc) is 3.32. The standard InChI is InChI=1S/C18H18N4O2S/c1-2-9-24-14-7-5-13(6-8-14)16-11-17(21-20-16)18(23)22-19-12-15-4-3-10-25-15/h3-8,10-12H,2,9H2,1H3,(H,20,21)(H,22,23)/b19-12+. The van der Waals surface area contributed by atoms with E-state index in [2.05, 4.69) is 27.6 Å². The van der Waals surface area contributed by atoms with Crippen LogP contribution in [0, 0.1) is 0 Å². The van der Waals surface area contributed by atoms with Crippen LogP contribution in [0.5, 0.6) is 5.75 Å². The Hall–Kier alpha value is -2.93. The van der Waals surface area contributed by atoms with Crippen molar-refractivity contribution in [3.8, 4) is 17.0 Å². The van der Waals surface area contributed by atoms with Gasteiger partial charge in [-0.2, -0.15) is 10.2 Å². The summed E-state index contributed by atoms with van der Waals surface area (Å²) in [5.74, 6) is 0.483. The van der Waals surface area contributed by atoms with Crippen LogP contribution >= 0.6 is 11.3 Å². The summed E-state index contributed by atoms with van der Waals surface area (Å²) in [5.41, 5.74) is 4.42. The molecule has 0 fully saturated rings. The summed E-state index contributed by atoms with van der Waals surface area (Å²) in [5, 5.41) is 12.8. The van der Waals surface area contributed by atoms with Gasteiger partial charge in [-0.05, 0) is 48.2 Å². The van der Waals surface area contributed by atoms with Gasteiger partial charge in [0.15, 0.2) is 0 Å². The molecule has 3 aromatic rings. The van der Waals surface area contributed by atoms with E-state index in [1.807, 2.05) is 41.8 Å². The van der Waals surface area contributed by atoms with Crippen molar-refractivity contribution < 1.29 is 9.53 Å². The highest BCUT2D eigenvalue weighted by Gasteiger charge is 2.10. The number of benzene rings is 1. The molecule has 0 radical (unpaired) electrons. The Labute approximate surface area is 149 Å². The molecule has 0 aliphatic heterocycles. The quantitative estimate of drug-likeness (QED) is 0.502. The van der Waals surface area contributed by atoms with E-state index >= 15 is 0 Å². The fourth-order valence-corrected chi connectivity index (χ4v) is 2.69. The third-order valence-corrected chi connectivity index (χ3v) is 4.15. The van der Waals surface area contributed by atoms with Gasteiger partial charge in [0.2, 0.25) is 0 Å². The molecule has 2 aromatic heterocycles. The Morgan fingerprint density at radius 3 is 2.92 bits per heavy atom. The van der Waals surface area contributed by atoms with Gasteiger partial charge in [-0.3, -0.25) is 9.89 Å². The van der Waals surface area contributed by atoms with Crippen molar-refractivity contribution in [3.63, 3.8) is 0 Å². The van der Waals surface area contributed by atoms with Crippen LogP contribution in [-0.4, -0.2) is 28.9 Å². The minimum Gasteiger partial charge on any atom is -0.494 e. The molecule has 25 heavy (non-hydrogen) atoms. The minimum atomic E-state index is -0.338. The molecule has 0 bridgehead atoms. The van der Waals surface area contributed by atoms with Crippen molar-refractivity contribution in [3.05, 3.63) is 58.4 Å². The molecule has 0 atom stereocenters. The lowest BCUT2D eigenvalue weighted by Gasteiger charge is -2.04. The summed E-state index contributed by atoms with van der Waals surface area (Å²) in [6, 6.07) is 13.2. The summed E-state index contributed by atoms with van der Waals surface area (Å²) in [7, 11) is 0. The number of nitrogens with zero attached hydrogens (tertiary/aromatic N) is 2. The van der Waals surface area contributed by atoms with Crippen molar-refractivity contribution >= 4 is 23.5 Å². The Morgan fingerprint density at radius 2 is 2.20 bits per heavy atom. The molecule has 128 valence electrons. The smallest absolute Gasteiger partial charge is 0.289 e. The van der Waals surface area contributed by atoms with E-state index in [0.717, 1.165) is 22.6 Å². The summed E-state index contributed by atoms with van der Waals surface area (Å²) in [4.78, 5) is 13.0. The normalized spacial score (nSPS) is 10.9. The van der Waals surface area contributed by atoms with Crippen molar-refractivity contribution in [1.29, 1.82) is 0 Å². The van der Waals surface area contributed by atoms with Crippen molar-refractivity contribution in [2.24, 2.45) is 5.10 Å². The number of hydrazone groups is 1. The lowest BCUT2D eigenvalue weighted by molar-refractivity contribution is 0.0950. The Bertz CT molecular complexity index is 838. The number of aromatic nitrogens is 2. The fraction of sp³-hybridized carbons (Fsp3) is 0.167. The van der Waals surface area contributed by atoms with Crippen LogP contribution in [0.1, 0.15) is 28.7 Å². The summed E-state index contributed by atoms with van der Waals surface area (Å²) in [6.07, 6.45) is 2.57. The first-order valence-electron chi connectivity index (χ1n) is 7.92. The van der Waals surface area contributed by atoms with Gasteiger partial charge in [-0.25, -0.2) is 5.43 Å². The van der Waals surface area contributed by atoms with Gasteiger partial charge < -0.3 is 4.74 Å². The van der Waals surface area contributed by atoms with E-state index in [-0.39, 0.29) is 5.91 Å². The Morgan fingerprint density at radius 1 is 1.36 bits per heavy atom. The molecule has 7 heteroatoms. The van der Waals surface area contributed by atoms with Gasteiger partial charge in [0.25, 0.3) is 5.91 Å². The van der Waals surface area contributed by atoms with Gasteiger partial charge >= 0.3 is 0 Å². The number of carbonyl (C=O) groups is 1. The van der Waals surface area contributed by atoms with Gasteiger partial charge in [-0.15, -0.1) is 11.3 Å². The molecule has 0 aliphatic carbocycles. The first-order chi connectivity index (χ1) is 12.3. The van der Waals surface area contributed by atoms with Gasteiger partial charge in [0.05, 0.1) is 18.5 Å².